The first-order chi connectivity index (χ1) is 8.52. The molecule has 2 rings (SSSR count). The van der Waals surface area contributed by atoms with Crippen molar-refractivity contribution in [3.05, 3.63) is 33.5 Å². The summed E-state index contributed by atoms with van der Waals surface area (Å²) in [7, 11) is 0. The molecule has 0 fully saturated rings. The minimum absolute atomic E-state index is 0.465. The van der Waals surface area contributed by atoms with Crippen molar-refractivity contribution in [1.82, 2.24) is 19.7 Å². The lowest BCUT2D eigenvalue weighted by atomic mass is 10.3. The Morgan fingerprint density at radius 2 is 1.94 bits per heavy atom. The summed E-state index contributed by atoms with van der Waals surface area (Å²) in [5.41, 5.74) is 1.57. The predicted octanol–water partition coefficient (Wildman–Crippen LogP) is 3.54. The third-order valence-electron chi connectivity index (χ3n) is 2.64. The van der Waals surface area contributed by atoms with Crippen molar-refractivity contribution < 1.29 is 0 Å². The summed E-state index contributed by atoms with van der Waals surface area (Å²) in [4.78, 5) is 8.75. The Hall–Kier alpha value is -1.13. The fraction of sp³-hybridized carbons (Fsp3) is 0.417. The Balaban J connectivity index is 2.55. The van der Waals surface area contributed by atoms with Gasteiger partial charge in [0.2, 0.25) is 0 Å². The number of aryl methyl sites for hydroxylation is 2. The van der Waals surface area contributed by atoms with E-state index in [1.54, 1.807) is 10.9 Å². The van der Waals surface area contributed by atoms with Crippen LogP contribution in [0.5, 0.6) is 0 Å². The number of halogens is 2. The van der Waals surface area contributed by atoms with Gasteiger partial charge in [-0.25, -0.2) is 14.6 Å². The molecule has 96 valence electrons. The van der Waals surface area contributed by atoms with Gasteiger partial charge in [0.15, 0.2) is 5.82 Å². The zero-order valence-corrected chi connectivity index (χ0v) is 12.0. The quantitative estimate of drug-likeness (QED) is 0.810. The van der Waals surface area contributed by atoms with Gasteiger partial charge in [-0.3, -0.25) is 0 Å². The average molecular weight is 285 g/mol. The van der Waals surface area contributed by atoms with E-state index in [9.17, 15) is 0 Å². The second-order valence-electron chi connectivity index (χ2n) is 4.14. The van der Waals surface area contributed by atoms with Gasteiger partial charge < -0.3 is 0 Å². The molecule has 0 atom stereocenters. The molecule has 0 spiro atoms. The van der Waals surface area contributed by atoms with Crippen molar-refractivity contribution in [2.24, 2.45) is 0 Å². The molecule has 0 radical (unpaired) electrons. The number of aromatic nitrogens is 4. The number of rotatable bonds is 3. The minimum atomic E-state index is 0.465. The highest BCUT2D eigenvalue weighted by atomic mass is 35.5. The maximum absolute atomic E-state index is 6.13. The maximum Gasteiger partial charge on any atom is 0.161 e. The van der Waals surface area contributed by atoms with E-state index in [-0.39, 0.29) is 0 Å². The molecule has 0 aliphatic heterocycles. The van der Waals surface area contributed by atoms with Crippen LogP contribution in [-0.4, -0.2) is 19.7 Å². The Kier molecular flexibility index (Phi) is 3.88. The van der Waals surface area contributed by atoms with E-state index in [1.807, 2.05) is 13.8 Å². The lowest BCUT2D eigenvalue weighted by molar-refractivity contribution is 0.771. The van der Waals surface area contributed by atoms with Crippen LogP contribution >= 0.6 is 23.2 Å². The molecule has 0 saturated carbocycles. The van der Waals surface area contributed by atoms with Crippen molar-refractivity contribution >= 4 is 23.2 Å². The Morgan fingerprint density at radius 1 is 1.22 bits per heavy atom. The van der Waals surface area contributed by atoms with Gasteiger partial charge in [0.05, 0.1) is 16.9 Å². The molecule has 2 aromatic heterocycles. The Morgan fingerprint density at radius 3 is 2.50 bits per heavy atom. The smallest absolute Gasteiger partial charge is 0.161 e. The Bertz CT molecular complexity index is 558. The normalized spacial score (nSPS) is 10.9. The van der Waals surface area contributed by atoms with Gasteiger partial charge in [-0.1, -0.05) is 30.1 Å². The lowest BCUT2D eigenvalue weighted by Gasteiger charge is -2.08. The minimum Gasteiger partial charge on any atom is -0.221 e. The molecule has 4 nitrogen and oxygen atoms in total. The first-order valence-corrected chi connectivity index (χ1v) is 6.53. The largest absolute Gasteiger partial charge is 0.221 e. The second-order valence-corrected chi connectivity index (χ2v) is 4.90. The fourth-order valence-electron chi connectivity index (χ4n) is 1.63. The monoisotopic (exact) mass is 284 g/mol. The van der Waals surface area contributed by atoms with E-state index in [2.05, 4.69) is 22.0 Å². The standard InChI is InChI=1S/C12H14Cl2N4/c1-4-5-10-15-11(14)7(2)12(16-10)18-6-9(13)8(3)17-18/h6H,4-5H2,1-3H3. The van der Waals surface area contributed by atoms with Gasteiger partial charge >= 0.3 is 0 Å². The van der Waals surface area contributed by atoms with Crippen LogP contribution in [-0.2, 0) is 6.42 Å². The van der Waals surface area contributed by atoms with Crippen molar-refractivity contribution in [3.63, 3.8) is 0 Å². The lowest BCUT2D eigenvalue weighted by Crippen LogP contribution is -2.07. The third kappa shape index (κ3) is 2.49. The molecule has 0 saturated heterocycles. The van der Waals surface area contributed by atoms with Gasteiger partial charge in [0.1, 0.15) is 11.0 Å². The molecule has 2 heterocycles. The summed E-state index contributed by atoms with van der Waals surface area (Å²) in [5.74, 6) is 1.42. The highest BCUT2D eigenvalue weighted by molar-refractivity contribution is 6.31. The van der Waals surface area contributed by atoms with Gasteiger partial charge in [-0.15, -0.1) is 0 Å². The molecule has 0 aromatic carbocycles. The summed E-state index contributed by atoms with van der Waals surface area (Å²) in [6, 6.07) is 0. The molecule has 2 aromatic rings. The van der Waals surface area contributed by atoms with Gasteiger partial charge in [0.25, 0.3) is 0 Å². The molecule has 18 heavy (non-hydrogen) atoms. The van der Waals surface area contributed by atoms with E-state index in [1.165, 1.54) is 0 Å². The maximum atomic E-state index is 6.13. The van der Waals surface area contributed by atoms with Gasteiger partial charge in [0, 0.05) is 12.0 Å². The zero-order valence-electron chi connectivity index (χ0n) is 10.5. The molecule has 6 heteroatoms. The van der Waals surface area contributed by atoms with E-state index in [0.717, 1.165) is 29.9 Å². The fourth-order valence-corrected chi connectivity index (χ4v) is 1.94. The molecule has 0 N–H and O–H groups in total. The average Bonchev–Trinajstić information content (AvgIpc) is 2.64. The van der Waals surface area contributed by atoms with E-state index >= 15 is 0 Å². The van der Waals surface area contributed by atoms with Crippen LogP contribution in [0.4, 0.5) is 0 Å². The van der Waals surface area contributed by atoms with Crippen molar-refractivity contribution in [1.29, 1.82) is 0 Å². The van der Waals surface area contributed by atoms with Crippen LogP contribution in [0.15, 0.2) is 6.20 Å². The summed E-state index contributed by atoms with van der Waals surface area (Å²) in [5, 5.41) is 5.40. The van der Waals surface area contributed by atoms with Crippen LogP contribution in [0, 0.1) is 13.8 Å². The van der Waals surface area contributed by atoms with Gasteiger partial charge in [-0.05, 0) is 20.3 Å². The molecule has 0 bridgehead atoms. The summed E-state index contributed by atoms with van der Waals surface area (Å²) >= 11 is 12.1. The van der Waals surface area contributed by atoms with Crippen molar-refractivity contribution in [2.75, 3.05) is 0 Å². The van der Waals surface area contributed by atoms with Crippen molar-refractivity contribution in [3.8, 4) is 5.82 Å². The van der Waals surface area contributed by atoms with E-state index < -0.39 is 0 Å². The summed E-state index contributed by atoms with van der Waals surface area (Å²) in [6.45, 7) is 5.80. The van der Waals surface area contributed by atoms with E-state index in [0.29, 0.717) is 16.0 Å². The summed E-state index contributed by atoms with van der Waals surface area (Å²) in [6.07, 6.45) is 3.50. The zero-order chi connectivity index (χ0) is 13.3. The molecular formula is C12H14Cl2N4. The molecule has 0 aliphatic carbocycles. The molecule has 0 unspecified atom stereocenters. The van der Waals surface area contributed by atoms with Crippen LogP contribution in [0.1, 0.15) is 30.4 Å². The topological polar surface area (TPSA) is 43.6 Å². The Labute approximate surface area is 116 Å². The number of nitrogens with zero attached hydrogens (tertiary/aromatic N) is 4. The highest BCUT2D eigenvalue weighted by Crippen LogP contribution is 2.22. The summed E-state index contributed by atoms with van der Waals surface area (Å²) < 4.78 is 1.65. The first kappa shape index (κ1) is 13.3. The van der Waals surface area contributed by atoms with Crippen LogP contribution in [0.25, 0.3) is 5.82 Å². The molecule has 0 aliphatic rings. The third-order valence-corrected chi connectivity index (χ3v) is 3.38. The predicted molar refractivity (Wildman–Crippen MR) is 72.6 cm³/mol. The second kappa shape index (κ2) is 5.24. The number of hydrogen-bond acceptors (Lipinski definition) is 3. The number of hydrogen-bond donors (Lipinski definition) is 0. The van der Waals surface area contributed by atoms with E-state index in [4.69, 9.17) is 23.2 Å². The van der Waals surface area contributed by atoms with Crippen LogP contribution in [0.2, 0.25) is 10.2 Å². The molecular weight excluding hydrogens is 271 g/mol. The first-order valence-electron chi connectivity index (χ1n) is 5.78. The highest BCUT2D eigenvalue weighted by Gasteiger charge is 2.13. The van der Waals surface area contributed by atoms with Crippen LogP contribution in [0.3, 0.4) is 0 Å². The molecule has 0 amide bonds. The SMILES string of the molecule is CCCc1nc(Cl)c(C)c(-n2cc(Cl)c(C)n2)n1. The van der Waals surface area contributed by atoms with Crippen molar-refractivity contribution in [2.45, 2.75) is 33.6 Å². The van der Waals surface area contributed by atoms with Crippen LogP contribution < -0.4 is 0 Å². The van der Waals surface area contributed by atoms with Gasteiger partial charge in [-0.2, -0.15) is 5.10 Å².